The molecule has 3 amide bonds. The Labute approximate surface area is 148 Å². The summed E-state index contributed by atoms with van der Waals surface area (Å²) in [6, 6.07) is 4.21. The number of amides is 3. The monoisotopic (exact) mass is 363 g/mol. The quantitative estimate of drug-likeness (QED) is 0.366. The first-order valence-electron chi connectivity index (χ1n) is 7.81. The molecule has 1 aromatic rings. The third kappa shape index (κ3) is 4.51. The molecular formula is C17H18FN3O5. The van der Waals surface area contributed by atoms with Gasteiger partial charge in [-0.15, -0.1) is 10.0 Å². The molecule has 138 valence electrons. The largest absolute Gasteiger partial charge is 0.491 e. The van der Waals surface area contributed by atoms with Gasteiger partial charge in [0.2, 0.25) is 5.91 Å². The van der Waals surface area contributed by atoms with Crippen molar-refractivity contribution >= 4 is 24.0 Å². The van der Waals surface area contributed by atoms with Crippen LogP contribution in [0.4, 0.5) is 4.48 Å². The van der Waals surface area contributed by atoms with Gasteiger partial charge in [0, 0.05) is 18.7 Å². The molecule has 1 aromatic carbocycles. The molecule has 1 aliphatic heterocycles. The number of carbonyl (C=O) groups excluding carboxylic acids is 4. The Hall–Kier alpha value is -3.07. The molecule has 8 nitrogen and oxygen atoms in total. The highest BCUT2D eigenvalue weighted by Gasteiger charge is 2.32. The number of nitrogens with one attached hydrogen (secondary N) is 2. The summed E-state index contributed by atoms with van der Waals surface area (Å²) in [6.45, 7) is 0.922. The normalized spacial score (nSPS) is 14.5. The van der Waals surface area contributed by atoms with Crippen LogP contribution in [-0.2, 0) is 14.4 Å². The summed E-state index contributed by atoms with van der Waals surface area (Å²) in [5.41, 5.74) is 2.29. The number of imide groups is 1. The third-order valence-corrected chi connectivity index (χ3v) is 3.80. The molecule has 1 atom stereocenters. The second-order valence-corrected chi connectivity index (χ2v) is 5.56. The van der Waals surface area contributed by atoms with Gasteiger partial charge in [0.1, 0.15) is 18.9 Å². The van der Waals surface area contributed by atoms with Gasteiger partial charge in [0.05, 0.1) is 11.6 Å². The average Bonchev–Trinajstić information content (AvgIpc) is 2.94. The minimum absolute atomic E-state index is 0.123. The van der Waals surface area contributed by atoms with Gasteiger partial charge in [-0.25, -0.2) is 0 Å². The van der Waals surface area contributed by atoms with Crippen molar-refractivity contribution in [1.82, 2.24) is 15.8 Å². The van der Waals surface area contributed by atoms with Crippen molar-refractivity contribution in [2.24, 2.45) is 0 Å². The van der Waals surface area contributed by atoms with Crippen LogP contribution in [0, 0.1) is 6.92 Å². The number of benzene rings is 1. The number of aryl methyl sites for hydroxylation is 1. The second-order valence-electron chi connectivity index (χ2n) is 5.56. The lowest BCUT2D eigenvalue weighted by Gasteiger charge is -2.26. The molecule has 1 aliphatic rings. The number of ether oxygens (including phenoxy) is 1. The Kier molecular flexibility index (Phi) is 6.56. The minimum Gasteiger partial charge on any atom is -0.491 e. The van der Waals surface area contributed by atoms with E-state index in [1.165, 1.54) is 5.54 Å². The molecule has 0 spiro atoms. The van der Waals surface area contributed by atoms with Crippen molar-refractivity contribution in [2.45, 2.75) is 13.0 Å². The zero-order chi connectivity index (χ0) is 19.1. The minimum atomic E-state index is -0.825. The summed E-state index contributed by atoms with van der Waals surface area (Å²) in [6.07, 6.45) is 2.88. The van der Waals surface area contributed by atoms with E-state index < -0.39 is 30.3 Å². The van der Waals surface area contributed by atoms with Gasteiger partial charge in [-0.1, -0.05) is 12.1 Å². The Balaban J connectivity index is 2.12. The van der Waals surface area contributed by atoms with E-state index in [4.69, 9.17) is 4.74 Å². The predicted octanol–water partition coefficient (Wildman–Crippen LogP) is 0.0702. The molecule has 0 saturated carbocycles. The maximum Gasteiger partial charge on any atom is 0.254 e. The first-order chi connectivity index (χ1) is 12.5. The molecule has 0 saturated heterocycles. The van der Waals surface area contributed by atoms with Crippen LogP contribution in [0.1, 0.15) is 15.9 Å². The fraction of sp³-hybridized carbons (Fsp3) is 0.294. The molecule has 0 bridgehead atoms. The van der Waals surface area contributed by atoms with Gasteiger partial charge in [0.15, 0.2) is 6.29 Å². The van der Waals surface area contributed by atoms with Crippen molar-refractivity contribution in [3.63, 3.8) is 0 Å². The molecule has 0 radical (unpaired) electrons. The Morgan fingerprint density at radius 3 is 2.62 bits per heavy atom. The number of nitrogens with zero attached hydrogens (tertiary/aromatic N) is 1. The summed E-state index contributed by atoms with van der Waals surface area (Å²) < 4.78 is 17.6. The predicted molar refractivity (Wildman–Crippen MR) is 89.0 cm³/mol. The highest BCUT2D eigenvalue weighted by Crippen LogP contribution is 2.21. The number of hydrogen-bond acceptors (Lipinski definition) is 6. The molecule has 0 aliphatic carbocycles. The summed E-state index contributed by atoms with van der Waals surface area (Å²) in [7, 11) is 0. The molecule has 2 N–H and O–H groups in total. The van der Waals surface area contributed by atoms with Gasteiger partial charge in [-0.05, 0) is 18.6 Å². The molecule has 26 heavy (non-hydrogen) atoms. The first kappa shape index (κ1) is 19.3. The van der Waals surface area contributed by atoms with Crippen molar-refractivity contribution in [1.29, 1.82) is 0 Å². The number of halogens is 1. The first-order valence-corrected chi connectivity index (χ1v) is 7.81. The van der Waals surface area contributed by atoms with E-state index in [-0.39, 0.29) is 13.2 Å². The molecule has 9 heteroatoms. The van der Waals surface area contributed by atoms with Gasteiger partial charge in [-0.2, -0.15) is 0 Å². The average molecular weight is 363 g/mol. The van der Waals surface area contributed by atoms with E-state index in [0.717, 1.165) is 17.1 Å². The van der Waals surface area contributed by atoms with Crippen molar-refractivity contribution in [2.75, 3.05) is 19.7 Å². The van der Waals surface area contributed by atoms with Gasteiger partial charge >= 0.3 is 0 Å². The van der Waals surface area contributed by atoms with Crippen molar-refractivity contribution < 1.29 is 28.4 Å². The van der Waals surface area contributed by atoms with Crippen LogP contribution >= 0.6 is 0 Å². The lowest BCUT2D eigenvalue weighted by Crippen LogP contribution is -2.50. The second kappa shape index (κ2) is 8.86. The van der Waals surface area contributed by atoms with Crippen LogP contribution in [-0.4, -0.2) is 54.6 Å². The molecule has 1 heterocycles. The van der Waals surface area contributed by atoms with Gasteiger partial charge < -0.3 is 10.1 Å². The molecule has 0 aromatic heterocycles. The summed E-state index contributed by atoms with van der Waals surface area (Å²) in [4.78, 5) is 47.4. The summed E-state index contributed by atoms with van der Waals surface area (Å²) in [5, 5.41) is 2.41. The fourth-order valence-corrected chi connectivity index (χ4v) is 2.47. The number of carbonyl (C=O) groups is 4. The standard InChI is InChI=1S/C17H18FN3O5/c1-11-3-2-4-14(13(11)9-22)26-10-12(7-19-15(23)8-20-18)21-16(24)5-6-17(21)25/h2-6,9,12,20H,7-8,10H2,1H3,(H,19,23). The van der Waals surface area contributed by atoms with E-state index in [1.807, 2.05) is 0 Å². The highest BCUT2D eigenvalue weighted by molar-refractivity contribution is 6.13. The number of aldehydes is 1. The molecule has 0 fully saturated rings. The van der Waals surface area contributed by atoms with E-state index in [9.17, 15) is 23.7 Å². The van der Waals surface area contributed by atoms with Crippen LogP contribution < -0.4 is 15.6 Å². The SMILES string of the molecule is Cc1cccc(OCC(CNC(=O)CNF)N2C(=O)C=CC2=O)c1C=O. The Morgan fingerprint density at radius 2 is 2.00 bits per heavy atom. The van der Waals surface area contributed by atoms with Crippen molar-refractivity contribution in [3.05, 3.63) is 41.5 Å². The molecule has 2 rings (SSSR count). The zero-order valence-corrected chi connectivity index (χ0v) is 14.0. The Bertz CT molecular complexity index is 732. The van der Waals surface area contributed by atoms with E-state index >= 15 is 0 Å². The lowest BCUT2D eigenvalue weighted by atomic mass is 10.1. The van der Waals surface area contributed by atoms with E-state index in [0.29, 0.717) is 23.2 Å². The van der Waals surface area contributed by atoms with Crippen LogP contribution in [0.15, 0.2) is 30.4 Å². The summed E-state index contributed by atoms with van der Waals surface area (Å²) >= 11 is 0. The molecular weight excluding hydrogens is 345 g/mol. The van der Waals surface area contributed by atoms with Crippen LogP contribution in [0.3, 0.4) is 0 Å². The number of hydrogen-bond donors (Lipinski definition) is 2. The van der Waals surface area contributed by atoms with E-state index in [2.05, 4.69) is 5.32 Å². The van der Waals surface area contributed by atoms with Crippen LogP contribution in [0.25, 0.3) is 0 Å². The van der Waals surface area contributed by atoms with Crippen molar-refractivity contribution in [3.8, 4) is 5.75 Å². The van der Waals surface area contributed by atoms with E-state index in [1.54, 1.807) is 25.1 Å². The van der Waals surface area contributed by atoms with Crippen LogP contribution in [0.5, 0.6) is 5.75 Å². The maximum absolute atomic E-state index is 12.0. The smallest absolute Gasteiger partial charge is 0.254 e. The number of rotatable bonds is 9. The highest BCUT2D eigenvalue weighted by atomic mass is 19.2. The lowest BCUT2D eigenvalue weighted by molar-refractivity contribution is -0.140. The zero-order valence-electron chi connectivity index (χ0n) is 14.0. The van der Waals surface area contributed by atoms with Gasteiger partial charge in [-0.3, -0.25) is 24.1 Å². The Morgan fingerprint density at radius 1 is 1.31 bits per heavy atom. The summed E-state index contributed by atoms with van der Waals surface area (Å²) in [5.74, 6) is -1.43. The van der Waals surface area contributed by atoms with Gasteiger partial charge in [0.25, 0.3) is 11.8 Å². The maximum atomic E-state index is 12.0. The fourth-order valence-electron chi connectivity index (χ4n) is 2.47. The van der Waals surface area contributed by atoms with Crippen LogP contribution in [0.2, 0.25) is 0 Å². The molecule has 1 unspecified atom stereocenters. The third-order valence-electron chi connectivity index (χ3n) is 3.80. The topological polar surface area (TPSA) is 105 Å².